The summed E-state index contributed by atoms with van der Waals surface area (Å²) in [6.07, 6.45) is 5.24. The molecule has 0 bridgehead atoms. The number of carboxylic acid groups (broad SMARTS) is 1. The Morgan fingerprint density at radius 2 is 2.07 bits per heavy atom. The number of ketones is 1. The highest BCUT2D eigenvalue weighted by atomic mass is 35.5. The number of piperidine rings is 1. The Morgan fingerprint density at radius 1 is 1.30 bits per heavy atom. The van der Waals surface area contributed by atoms with E-state index in [2.05, 4.69) is 10.0 Å². The lowest BCUT2D eigenvalue weighted by Crippen LogP contribution is -2.61. The largest absolute Gasteiger partial charge is 0.481 e. The molecular weight excluding hydrogens is 430 g/mol. The van der Waals surface area contributed by atoms with Crippen LogP contribution in [0.4, 0.5) is 0 Å². The zero-order valence-electron chi connectivity index (χ0n) is 15.9. The number of nitrogens with one attached hydrogen (secondary N) is 2. The summed E-state index contributed by atoms with van der Waals surface area (Å²) in [5.74, 6) is -0.997. The Balaban J connectivity index is 1.72. The topological polar surface area (TPSA) is 116 Å². The maximum absolute atomic E-state index is 13.0. The van der Waals surface area contributed by atoms with Gasteiger partial charge < -0.3 is 10.0 Å². The third kappa shape index (κ3) is 3.32. The maximum Gasteiger partial charge on any atom is 0.305 e. The number of hydrogen-bond donors (Lipinski definition) is 3. The lowest BCUT2D eigenvalue weighted by molar-refractivity contribution is -0.137. The van der Waals surface area contributed by atoms with Crippen LogP contribution in [0.3, 0.4) is 0 Å². The molecule has 0 aromatic heterocycles. The van der Waals surface area contributed by atoms with Crippen LogP contribution in [0.1, 0.15) is 12.8 Å². The molecule has 158 valence electrons. The summed E-state index contributed by atoms with van der Waals surface area (Å²) in [7, 11) is -3.97. The summed E-state index contributed by atoms with van der Waals surface area (Å²) in [5.41, 5.74) is 0.284. The van der Waals surface area contributed by atoms with Crippen molar-refractivity contribution < 1.29 is 23.1 Å². The Bertz CT molecular complexity index is 1130. The molecule has 2 heterocycles. The highest BCUT2D eigenvalue weighted by molar-refractivity contribution is 7.89. The van der Waals surface area contributed by atoms with E-state index in [1.165, 1.54) is 12.1 Å². The van der Waals surface area contributed by atoms with Crippen molar-refractivity contribution in [3.05, 3.63) is 64.5 Å². The molecule has 1 saturated heterocycles. The molecule has 1 atom stereocenters. The molecule has 1 aromatic rings. The third-order valence-corrected chi connectivity index (χ3v) is 7.36. The minimum atomic E-state index is -3.97. The molecule has 1 unspecified atom stereocenters. The highest BCUT2D eigenvalue weighted by Gasteiger charge is 2.53. The van der Waals surface area contributed by atoms with E-state index in [0.717, 1.165) is 0 Å². The van der Waals surface area contributed by atoms with Gasteiger partial charge in [-0.2, -0.15) is 0 Å². The average Bonchev–Trinajstić information content (AvgIpc) is 3.14. The number of carboxylic acids is 1. The first-order valence-corrected chi connectivity index (χ1v) is 11.3. The Kier molecular flexibility index (Phi) is 5.21. The molecule has 0 saturated carbocycles. The molecule has 3 aliphatic rings. The first-order valence-electron chi connectivity index (χ1n) is 9.41. The second-order valence-electron chi connectivity index (χ2n) is 7.22. The number of nitrogens with zero attached hydrogens (tertiary/aromatic N) is 1. The zero-order chi connectivity index (χ0) is 21.5. The highest BCUT2D eigenvalue weighted by Crippen LogP contribution is 2.43. The minimum Gasteiger partial charge on any atom is -0.481 e. The lowest BCUT2D eigenvalue weighted by Gasteiger charge is -2.46. The van der Waals surface area contributed by atoms with Crippen molar-refractivity contribution in [2.75, 3.05) is 19.6 Å². The van der Waals surface area contributed by atoms with Crippen LogP contribution >= 0.6 is 11.6 Å². The van der Waals surface area contributed by atoms with Gasteiger partial charge in [0.2, 0.25) is 0 Å². The van der Waals surface area contributed by atoms with Gasteiger partial charge in [-0.1, -0.05) is 29.8 Å². The number of sulfonamides is 1. The van der Waals surface area contributed by atoms with Crippen LogP contribution in [0.15, 0.2) is 64.4 Å². The molecule has 4 rings (SSSR count). The standard InChI is InChI=1S/C20H20ClN3O5S/c21-14-3-1-2-4-16(14)30(28,29)23-15-5-6-17-20(13(15)7-10-22-20)18(25)8-11-24(17)12-9-19(26)27/h1-7,22-23H,8-12H2,(H,26,27). The van der Waals surface area contributed by atoms with Gasteiger partial charge >= 0.3 is 5.97 Å². The van der Waals surface area contributed by atoms with Crippen LogP contribution in [0.25, 0.3) is 0 Å². The summed E-state index contributed by atoms with van der Waals surface area (Å²) in [5, 5.41) is 12.3. The van der Waals surface area contributed by atoms with E-state index < -0.39 is 21.5 Å². The Morgan fingerprint density at radius 3 is 2.80 bits per heavy atom. The van der Waals surface area contributed by atoms with Gasteiger partial charge in [0.05, 0.1) is 17.1 Å². The summed E-state index contributed by atoms with van der Waals surface area (Å²) < 4.78 is 28.4. The van der Waals surface area contributed by atoms with Crippen LogP contribution in [0.2, 0.25) is 5.02 Å². The normalized spacial score (nSPS) is 23.2. The van der Waals surface area contributed by atoms with E-state index in [1.54, 1.807) is 30.4 Å². The van der Waals surface area contributed by atoms with Crippen LogP contribution in [-0.4, -0.2) is 55.3 Å². The van der Waals surface area contributed by atoms with E-state index in [4.69, 9.17) is 16.7 Å². The molecule has 2 aliphatic heterocycles. The van der Waals surface area contributed by atoms with Gasteiger partial charge in [-0.25, -0.2) is 8.42 Å². The van der Waals surface area contributed by atoms with Crippen molar-refractivity contribution in [2.45, 2.75) is 23.3 Å². The quantitative estimate of drug-likeness (QED) is 0.601. The fourth-order valence-corrected chi connectivity index (χ4v) is 5.77. The summed E-state index contributed by atoms with van der Waals surface area (Å²) in [6.45, 7) is 1.07. The van der Waals surface area contributed by atoms with Gasteiger partial charge in [-0.05, 0) is 24.3 Å². The first kappa shape index (κ1) is 20.6. The summed E-state index contributed by atoms with van der Waals surface area (Å²) in [6, 6.07) is 6.12. The van der Waals surface area contributed by atoms with Crippen LogP contribution in [0, 0.1) is 0 Å². The molecule has 0 amide bonds. The fourth-order valence-electron chi connectivity index (χ4n) is 4.16. The number of carbonyl (C=O) groups excluding carboxylic acids is 1. The molecule has 0 radical (unpaired) electrons. The molecule has 3 N–H and O–H groups in total. The average molecular weight is 450 g/mol. The number of likely N-dealkylation sites (tertiary alicyclic amines) is 1. The maximum atomic E-state index is 13.0. The van der Waals surface area contributed by atoms with E-state index in [9.17, 15) is 18.0 Å². The number of hydrogen-bond acceptors (Lipinski definition) is 6. The lowest BCUT2D eigenvalue weighted by atomic mass is 9.75. The summed E-state index contributed by atoms with van der Waals surface area (Å²) >= 11 is 6.06. The van der Waals surface area contributed by atoms with Crippen molar-refractivity contribution in [3.8, 4) is 0 Å². The van der Waals surface area contributed by atoms with E-state index in [-0.39, 0.29) is 40.8 Å². The molecule has 8 nitrogen and oxygen atoms in total. The monoisotopic (exact) mass is 449 g/mol. The number of aliphatic carboxylic acids is 1. The molecule has 1 aliphatic carbocycles. The SMILES string of the molecule is O=C(O)CCN1CCC(=O)C23NCC=C2C(NS(=O)(=O)c2ccccc2Cl)=CC=C13. The predicted octanol–water partition coefficient (Wildman–Crippen LogP) is 1.42. The number of carbonyl (C=O) groups is 2. The molecule has 1 fully saturated rings. The van der Waals surface area contributed by atoms with Crippen LogP contribution in [0.5, 0.6) is 0 Å². The predicted molar refractivity (Wildman–Crippen MR) is 110 cm³/mol. The molecular formula is C20H20ClN3O5S. The number of benzene rings is 1. The van der Waals surface area contributed by atoms with E-state index in [1.807, 2.05) is 4.90 Å². The van der Waals surface area contributed by atoms with Crippen LogP contribution < -0.4 is 10.0 Å². The fraction of sp³-hybridized carbons (Fsp3) is 0.300. The van der Waals surface area contributed by atoms with E-state index in [0.29, 0.717) is 24.4 Å². The van der Waals surface area contributed by atoms with Gasteiger partial charge in [0.25, 0.3) is 10.0 Å². The number of Topliss-reactive ketones (excluding diaryl/α,β-unsaturated/α-hetero) is 1. The van der Waals surface area contributed by atoms with Crippen LogP contribution in [-0.2, 0) is 19.6 Å². The van der Waals surface area contributed by atoms with Crippen molar-refractivity contribution in [1.29, 1.82) is 0 Å². The van der Waals surface area contributed by atoms with Gasteiger partial charge in [0, 0.05) is 37.3 Å². The number of allylic oxidation sites excluding steroid dienone is 2. The molecule has 1 aromatic carbocycles. The van der Waals surface area contributed by atoms with Gasteiger partial charge in [-0.15, -0.1) is 0 Å². The number of halogens is 1. The van der Waals surface area contributed by atoms with Crippen molar-refractivity contribution >= 4 is 33.4 Å². The zero-order valence-corrected chi connectivity index (χ0v) is 17.5. The van der Waals surface area contributed by atoms with Crippen molar-refractivity contribution in [3.63, 3.8) is 0 Å². The number of rotatable bonds is 6. The second-order valence-corrected chi connectivity index (χ2v) is 9.28. The minimum absolute atomic E-state index is 0.0546. The van der Waals surface area contributed by atoms with Crippen molar-refractivity contribution in [2.24, 2.45) is 0 Å². The second kappa shape index (κ2) is 7.57. The summed E-state index contributed by atoms with van der Waals surface area (Å²) in [4.78, 5) is 25.9. The van der Waals surface area contributed by atoms with Crippen molar-refractivity contribution in [1.82, 2.24) is 14.9 Å². The molecule has 1 spiro atoms. The van der Waals surface area contributed by atoms with E-state index >= 15 is 0 Å². The van der Waals surface area contributed by atoms with Gasteiger partial charge in [-0.3, -0.25) is 19.6 Å². The Labute approximate surface area is 178 Å². The Hall–Kier alpha value is -2.62. The third-order valence-electron chi connectivity index (χ3n) is 5.49. The first-order chi connectivity index (χ1) is 14.3. The van der Waals surface area contributed by atoms with Gasteiger partial charge in [0.15, 0.2) is 5.78 Å². The smallest absolute Gasteiger partial charge is 0.305 e. The molecule has 10 heteroatoms. The van der Waals surface area contributed by atoms with Gasteiger partial charge in [0.1, 0.15) is 10.4 Å². The molecule has 30 heavy (non-hydrogen) atoms.